The highest BCUT2D eigenvalue weighted by Gasteiger charge is 2.16. The van der Waals surface area contributed by atoms with E-state index in [2.05, 4.69) is 15.3 Å². The second-order valence-corrected chi connectivity index (χ2v) is 3.23. The first kappa shape index (κ1) is 10.7. The van der Waals surface area contributed by atoms with Gasteiger partial charge in [-0.3, -0.25) is 4.79 Å². The molecule has 0 aromatic carbocycles. The quantitative estimate of drug-likeness (QED) is 0.648. The molecule has 0 aliphatic carbocycles. The fraction of sp³-hybridized carbons (Fsp3) is 0.556. The standard InChI is InChI=1S/C9H16N4O/c1-3-7(8-11-4-5-12-8)13-9(14)6(2)10/h4-7H,3,10H2,1-2H3,(H,11,12)(H,13,14). The summed E-state index contributed by atoms with van der Waals surface area (Å²) in [6.45, 7) is 3.64. The fourth-order valence-corrected chi connectivity index (χ4v) is 1.13. The lowest BCUT2D eigenvalue weighted by molar-refractivity contribution is -0.122. The third-order valence-corrected chi connectivity index (χ3v) is 1.99. The van der Waals surface area contributed by atoms with Crippen LogP contribution in [0.5, 0.6) is 0 Å². The number of H-pyrrole nitrogens is 1. The van der Waals surface area contributed by atoms with E-state index in [0.717, 1.165) is 12.2 Å². The summed E-state index contributed by atoms with van der Waals surface area (Å²) in [4.78, 5) is 18.4. The maximum Gasteiger partial charge on any atom is 0.237 e. The number of aromatic amines is 1. The van der Waals surface area contributed by atoms with E-state index < -0.39 is 6.04 Å². The Balaban J connectivity index is 2.61. The van der Waals surface area contributed by atoms with E-state index in [4.69, 9.17) is 5.73 Å². The van der Waals surface area contributed by atoms with E-state index in [1.54, 1.807) is 19.3 Å². The van der Waals surface area contributed by atoms with Crippen molar-refractivity contribution in [1.29, 1.82) is 0 Å². The second kappa shape index (κ2) is 4.76. The normalized spacial score (nSPS) is 14.8. The fourth-order valence-electron chi connectivity index (χ4n) is 1.13. The van der Waals surface area contributed by atoms with E-state index in [1.807, 2.05) is 6.92 Å². The number of rotatable bonds is 4. The number of nitrogens with two attached hydrogens (primary N) is 1. The van der Waals surface area contributed by atoms with Crippen molar-refractivity contribution < 1.29 is 4.79 Å². The molecule has 1 heterocycles. The van der Waals surface area contributed by atoms with Crippen LogP contribution >= 0.6 is 0 Å². The SMILES string of the molecule is CCC(NC(=O)C(C)N)c1ncc[nH]1. The number of hydrogen-bond acceptors (Lipinski definition) is 3. The van der Waals surface area contributed by atoms with Crippen molar-refractivity contribution in [2.24, 2.45) is 5.73 Å². The lowest BCUT2D eigenvalue weighted by Crippen LogP contribution is -2.40. The number of nitrogens with one attached hydrogen (secondary N) is 2. The Morgan fingerprint density at radius 3 is 2.93 bits per heavy atom. The Labute approximate surface area is 83.1 Å². The minimum Gasteiger partial charge on any atom is -0.347 e. The predicted octanol–water partition coefficient (Wildman–Crippen LogP) is 0.324. The highest BCUT2D eigenvalue weighted by Crippen LogP contribution is 2.10. The van der Waals surface area contributed by atoms with Crippen molar-refractivity contribution in [3.8, 4) is 0 Å². The summed E-state index contributed by atoms with van der Waals surface area (Å²) in [5, 5.41) is 2.81. The van der Waals surface area contributed by atoms with E-state index >= 15 is 0 Å². The molecule has 0 aliphatic rings. The largest absolute Gasteiger partial charge is 0.347 e. The number of amides is 1. The van der Waals surface area contributed by atoms with Crippen molar-refractivity contribution >= 4 is 5.91 Å². The van der Waals surface area contributed by atoms with Gasteiger partial charge in [-0.15, -0.1) is 0 Å². The minimum atomic E-state index is -0.487. The first-order valence-electron chi connectivity index (χ1n) is 4.70. The number of carbonyl (C=O) groups excluding carboxylic acids is 1. The first-order chi connectivity index (χ1) is 6.65. The molecule has 2 atom stereocenters. The Kier molecular flexibility index (Phi) is 3.64. The molecule has 1 aromatic rings. The van der Waals surface area contributed by atoms with Gasteiger partial charge in [0.15, 0.2) is 0 Å². The molecule has 0 saturated heterocycles. The van der Waals surface area contributed by atoms with Crippen molar-refractivity contribution in [3.05, 3.63) is 18.2 Å². The van der Waals surface area contributed by atoms with Crippen LogP contribution in [-0.2, 0) is 4.79 Å². The van der Waals surface area contributed by atoms with E-state index in [-0.39, 0.29) is 11.9 Å². The Hall–Kier alpha value is -1.36. The minimum absolute atomic E-state index is 0.0801. The number of hydrogen-bond donors (Lipinski definition) is 3. The molecule has 14 heavy (non-hydrogen) atoms. The van der Waals surface area contributed by atoms with Crippen LogP contribution in [0.4, 0.5) is 0 Å². The van der Waals surface area contributed by atoms with Gasteiger partial charge in [-0.2, -0.15) is 0 Å². The van der Waals surface area contributed by atoms with Gasteiger partial charge in [0.25, 0.3) is 0 Å². The van der Waals surface area contributed by atoms with E-state index in [1.165, 1.54) is 0 Å². The zero-order valence-electron chi connectivity index (χ0n) is 8.45. The summed E-state index contributed by atoms with van der Waals surface area (Å²) in [6.07, 6.45) is 4.18. The number of aromatic nitrogens is 2. The van der Waals surface area contributed by atoms with Crippen LogP contribution in [0.1, 0.15) is 32.1 Å². The van der Waals surface area contributed by atoms with Gasteiger partial charge in [0.05, 0.1) is 12.1 Å². The molecular formula is C9H16N4O. The molecule has 0 fully saturated rings. The molecule has 1 rings (SSSR count). The first-order valence-corrected chi connectivity index (χ1v) is 4.70. The van der Waals surface area contributed by atoms with Gasteiger partial charge < -0.3 is 16.0 Å². The molecule has 5 heteroatoms. The number of nitrogens with zero attached hydrogens (tertiary/aromatic N) is 1. The second-order valence-electron chi connectivity index (χ2n) is 3.23. The van der Waals surface area contributed by atoms with Crippen LogP contribution < -0.4 is 11.1 Å². The van der Waals surface area contributed by atoms with Gasteiger partial charge in [-0.1, -0.05) is 6.92 Å². The van der Waals surface area contributed by atoms with Crippen molar-refractivity contribution in [1.82, 2.24) is 15.3 Å². The summed E-state index contributed by atoms with van der Waals surface area (Å²) in [6, 6.07) is -0.567. The highest BCUT2D eigenvalue weighted by atomic mass is 16.2. The smallest absolute Gasteiger partial charge is 0.237 e. The van der Waals surface area contributed by atoms with Gasteiger partial charge >= 0.3 is 0 Å². The molecule has 0 radical (unpaired) electrons. The average Bonchev–Trinajstić information content (AvgIpc) is 2.66. The molecule has 0 spiro atoms. The van der Waals surface area contributed by atoms with Crippen molar-refractivity contribution in [3.63, 3.8) is 0 Å². The van der Waals surface area contributed by atoms with E-state index in [9.17, 15) is 4.79 Å². The molecule has 2 unspecified atom stereocenters. The molecule has 78 valence electrons. The number of imidazole rings is 1. The average molecular weight is 196 g/mol. The predicted molar refractivity (Wildman–Crippen MR) is 53.4 cm³/mol. The molecule has 0 bridgehead atoms. The van der Waals surface area contributed by atoms with Gasteiger partial charge in [0.1, 0.15) is 5.82 Å². The molecule has 0 aliphatic heterocycles. The summed E-state index contributed by atoms with van der Waals surface area (Å²) in [5.41, 5.74) is 5.45. The topological polar surface area (TPSA) is 83.8 Å². The zero-order valence-corrected chi connectivity index (χ0v) is 8.45. The summed E-state index contributed by atoms with van der Waals surface area (Å²) in [7, 11) is 0. The monoisotopic (exact) mass is 196 g/mol. The summed E-state index contributed by atoms with van der Waals surface area (Å²) in [5.74, 6) is 0.606. The molecule has 1 aromatic heterocycles. The van der Waals surface area contributed by atoms with Crippen molar-refractivity contribution in [2.45, 2.75) is 32.4 Å². The van der Waals surface area contributed by atoms with Crippen LogP contribution in [0.25, 0.3) is 0 Å². The van der Waals surface area contributed by atoms with Crippen molar-refractivity contribution in [2.75, 3.05) is 0 Å². The third-order valence-electron chi connectivity index (χ3n) is 1.99. The molecule has 4 N–H and O–H groups in total. The molecule has 0 saturated carbocycles. The Bertz CT molecular complexity index is 281. The zero-order chi connectivity index (χ0) is 10.6. The third kappa shape index (κ3) is 2.56. The van der Waals surface area contributed by atoms with Gasteiger partial charge in [0.2, 0.25) is 5.91 Å². The van der Waals surface area contributed by atoms with Gasteiger partial charge in [-0.25, -0.2) is 4.98 Å². The lowest BCUT2D eigenvalue weighted by Gasteiger charge is -2.15. The maximum atomic E-state index is 11.3. The van der Waals surface area contributed by atoms with Crippen LogP contribution in [0, 0.1) is 0 Å². The summed E-state index contributed by atoms with van der Waals surface area (Å²) >= 11 is 0. The van der Waals surface area contributed by atoms with E-state index in [0.29, 0.717) is 0 Å². The highest BCUT2D eigenvalue weighted by molar-refractivity contribution is 5.81. The number of carbonyl (C=O) groups is 1. The lowest BCUT2D eigenvalue weighted by atomic mass is 10.2. The molecule has 1 amide bonds. The van der Waals surface area contributed by atoms with Gasteiger partial charge in [-0.05, 0) is 13.3 Å². The van der Waals surface area contributed by atoms with Crippen LogP contribution in [-0.4, -0.2) is 21.9 Å². The maximum absolute atomic E-state index is 11.3. The molecule has 5 nitrogen and oxygen atoms in total. The Morgan fingerprint density at radius 1 is 1.79 bits per heavy atom. The van der Waals surface area contributed by atoms with Gasteiger partial charge in [0, 0.05) is 12.4 Å². The van der Waals surface area contributed by atoms with Crippen LogP contribution in [0.15, 0.2) is 12.4 Å². The van der Waals surface area contributed by atoms with Crippen LogP contribution in [0.3, 0.4) is 0 Å². The van der Waals surface area contributed by atoms with Crippen LogP contribution in [0.2, 0.25) is 0 Å². The molecular weight excluding hydrogens is 180 g/mol. The Morgan fingerprint density at radius 2 is 2.50 bits per heavy atom. The summed E-state index contributed by atoms with van der Waals surface area (Å²) < 4.78 is 0.